The van der Waals surface area contributed by atoms with Crippen LogP contribution in [0.2, 0.25) is 5.02 Å². The van der Waals surface area contributed by atoms with Crippen LogP contribution in [0.3, 0.4) is 0 Å². The molecular weight excluding hydrogens is 267 g/mol. The van der Waals surface area contributed by atoms with Crippen LogP contribution in [0.25, 0.3) is 0 Å². The summed E-state index contributed by atoms with van der Waals surface area (Å²) in [7, 11) is 0. The maximum Gasteiger partial charge on any atom is 0.165 e. The molecular formula is C14H12ClFN2O. The summed E-state index contributed by atoms with van der Waals surface area (Å²) in [5.41, 5.74) is 6.49. The number of hydrogen-bond donors (Lipinski definition) is 2. The number of rotatable bonds is 4. The van der Waals surface area contributed by atoms with Crippen LogP contribution >= 0.6 is 11.6 Å². The average molecular weight is 279 g/mol. The van der Waals surface area contributed by atoms with Crippen molar-refractivity contribution in [2.75, 3.05) is 0 Å². The van der Waals surface area contributed by atoms with E-state index in [-0.39, 0.29) is 18.2 Å². The molecule has 0 aliphatic rings. The fourth-order valence-electron chi connectivity index (χ4n) is 1.53. The second-order valence-corrected chi connectivity index (χ2v) is 4.41. The summed E-state index contributed by atoms with van der Waals surface area (Å²) >= 11 is 5.77. The fourth-order valence-corrected chi connectivity index (χ4v) is 1.65. The molecule has 0 saturated heterocycles. The van der Waals surface area contributed by atoms with E-state index in [0.717, 1.165) is 5.56 Å². The van der Waals surface area contributed by atoms with E-state index in [0.29, 0.717) is 10.6 Å². The van der Waals surface area contributed by atoms with E-state index in [2.05, 4.69) is 0 Å². The predicted octanol–water partition coefficient (Wildman–Crippen LogP) is 3.34. The molecule has 0 unspecified atom stereocenters. The highest BCUT2D eigenvalue weighted by Crippen LogP contribution is 2.20. The Morgan fingerprint density at radius 2 is 1.89 bits per heavy atom. The lowest BCUT2D eigenvalue weighted by atomic mass is 10.2. The Hall–Kier alpha value is -2.07. The lowest BCUT2D eigenvalue weighted by Gasteiger charge is -2.08. The van der Waals surface area contributed by atoms with E-state index in [4.69, 9.17) is 27.5 Å². The van der Waals surface area contributed by atoms with Crippen LogP contribution in [0.1, 0.15) is 11.1 Å². The Balaban J connectivity index is 2.07. The van der Waals surface area contributed by atoms with Crippen molar-refractivity contribution < 1.29 is 9.13 Å². The number of hydrogen-bond acceptors (Lipinski definition) is 2. The molecule has 0 radical (unpaired) electrons. The molecule has 0 saturated carbocycles. The monoisotopic (exact) mass is 278 g/mol. The van der Waals surface area contributed by atoms with Crippen LogP contribution in [-0.2, 0) is 6.61 Å². The van der Waals surface area contributed by atoms with Crippen LogP contribution in [0.4, 0.5) is 4.39 Å². The first-order chi connectivity index (χ1) is 9.06. The molecule has 0 amide bonds. The van der Waals surface area contributed by atoms with E-state index in [1.54, 1.807) is 18.2 Å². The molecule has 2 aromatic carbocycles. The van der Waals surface area contributed by atoms with E-state index in [9.17, 15) is 4.39 Å². The summed E-state index contributed by atoms with van der Waals surface area (Å²) in [6.07, 6.45) is 0. The Labute approximate surface area is 115 Å². The minimum Gasteiger partial charge on any atom is -0.486 e. The van der Waals surface area contributed by atoms with E-state index in [1.807, 2.05) is 12.1 Å². The molecule has 5 heteroatoms. The lowest BCUT2D eigenvalue weighted by Crippen LogP contribution is -2.11. The number of benzene rings is 2. The van der Waals surface area contributed by atoms with Gasteiger partial charge in [0.05, 0.1) is 0 Å². The number of nitrogen functional groups attached to an aromatic ring is 1. The number of nitrogens with two attached hydrogens (primary N) is 1. The first-order valence-electron chi connectivity index (χ1n) is 5.57. The maximum absolute atomic E-state index is 13.7. The Morgan fingerprint density at radius 3 is 2.47 bits per heavy atom. The highest BCUT2D eigenvalue weighted by atomic mass is 35.5. The molecule has 2 aromatic rings. The van der Waals surface area contributed by atoms with Crippen LogP contribution in [0, 0.1) is 11.2 Å². The van der Waals surface area contributed by atoms with Gasteiger partial charge in [-0.1, -0.05) is 23.7 Å². The number of ether oxygens (including phenoxy) is 1. The van der Waals surface area contributed by atoms with Gasteiger partial charge in [0, 0.05) is 10.6 Å². The summed E-state index contributed by atoms with van der Waals surface area (Å²) in [5, 5.41) is 7.86. The van der Waals surface area contributed by atoms with Crippen LogP contribution in [-0.4, -0.2) is 5.84 Å². The normalized spacial score (nSPS) is 10.2. The third kappa shape index (κ3) is 3.45. The molecule has 98 valence electrons. The van der Waals surface area contributed by atoms with Gasteiger partial charge >= 0.3 is 0 Å². The summed E-state index contributed by atoms with van der Waals surface area (Å²) in [4.78, 5) is 0. The zero-order valence-corrected chi connectivity index (χ0v) is 10.7. The van der Waals surface area contributed by atoms with Gasteiger partial charge in [0.2, 0.25) is 0 Å². The smallest absolute Gasteiger partial charge is 0.165 e. The van der Waals surface area contributed by atoms with E-state index < -0.39 is 5.82 Å². The number of halogens is 2. The Morgan fingerprint density at radius 1 is 1.21 bits per heavy atom. The van der Waals surface area contributed by atoms with E-state index in [1.165, 1.54) is 12.1 Å². The molecule has 0 fully saturated rings. The molecule has 0 atom stereocenters. The minimum atomic E-state index is -0.540. The molecule has 3 nitrogen and oxygen atoms in total. The number of amidine groups is 1. The van der Waals surface area contributed by atoms with Gasteiger partial charge in [-0.2, -0.15) is 0 Å². The van der Waals surface area contributed by atoms with Crippen LogP contribution in [0.5, 0.6) is 5.75 Å². The zero-order chi connectivity index (χ0) is 13.8. The number of nitrogens with one attached hydrogen (secondary N) is 1. The summed E-state index contributed by atoms with van der Waals surface area (Å²) in [6, 6.07) is 11.3. The molecule has 0 bridgehead atoms. The molecule has 0 spiro atoms. The molecule has 2 rings (SSSR count). The summed E-state index contributed by atoms with van der Waals surface area (Å²) in [5.74, 6) is -0.593. The standard InChI is InChI=1S/C14H12ClFN2O/c15-11-4-1-9(2-5-11)8-19-13-6-3-10(14(17)18)7-12(13)16/h1-7H,8H2,(H3,17,18). The highest BCUT2D eigenvalue weighted by molar-refractivity contribution is 6.30. The third-order valence-electron chi connectivity index (χ3n) is 2.55. The van der Waals surface area contributed by atoms with Gasteiger partial charge in [-0.05, 0) is 35.9 Å². The van der Waals surface area contributed by atoms with Crippen LogP contribution < -0.4 is 10.5 Å². The van der Waals surface area contributed by atoms with Crippen molar-refractivity contribution in [2.24, 2.45) is 5.73 Å². The molecule has 3 N–H and O–H groups in total. The van der Waals surface area contributed by atoms with Gasteiger partial charge in [-0.15, -0.1) is 0 Å². The topological polar surface area (TPSA) is 59.1 Å². The zero-order valence-electron chi connectivity index (χ0n) is 9.99. The highest BCUT2D eigenvalue weighted by Gasteiger charge is 2.06. The SMILES string of the molecule is N=C(N)c1ccc(OCc2ccc(Cl)cc2)c(F)c1. The molecule has 0 aliphatic carbocycles. The maximum atomic E-state index is 13.7. The lowest BCUT2D eigenvalue weighted by molar-refractivity contribution is 0.290. The van der Waals surface area contributed by atoms with Gasteiger partial charge in [-0.25, -0.2) is 4.39 Å². The molecule has 0 aliphatic heterocycles. The average Bonchev–Trinajstić information content (AvgIpc) is 2.39. The first kappa shape index (κ1) is 13.4. The fraction of sp³-hybridized carbons (Fsp3) is 0.0714. The van der Waals surface area contributed by atoms with E-state index >= 15 is 0 Å². The van der Waals surface area contributed by atoms with Gasteiger partial charge in [0.15, 0.2) is 11.6 Å². The van der Waals surface area contributed by atoms with Crippen molar-refractivity contribution in [3.05, 3.63) is 64.4 Å². The Kier molecular flexibility index (Phi) is 4.02. The van der Waals surface area contributed by atoms with Crippen molar-refractivity contribution in [3.8, 4) is 5.75 Å². The minimum absolute atomic E-state index is 0.125. The van der Waals surface area contributed by atoms with Crippen molar-refractivity contribution in [1.82, 2.24) is 0 Å². The Bertz CT molecular complexity index is 599. The third-order valence-corrected chi connectivity index (χ3v) is 2.80. The quantitative estimate of drug-likeness (QED) is 0.666. The molecule has 0 heterocycles. The molecule has 19 heavy (non-hydrogen) atoms. The van der Waals surface area contributed by atoms with Crippen molar-refractivity contribution in [2.45, 2.75) is 6.61 Å². The van der Waals surface area contributed by atoms with Crippen molar-refractivity contribution >= 4 is 17.4 Å². The summed E-state index contributed by atoms with van der Waals surface area (Å²) < 4.78 is 19.0. The second kappa shape index (κ2) is 5.71. The van der Waals surface area contributed by atoms with Gasteiger partial charge in [0.25, 0.3) is 0 Å². The second-order valence-electron chi connectivity index (χ2n) is 3.97. The summed E-state index contributed by atoms with van der Waals surface area (Å²) in [6.45, 7) is 0.244. The van der Waals surface area contributed by atoms with Crippen molar-refractivity contribution in [3.63, 3.8) is 0 Å². The largest absolute Gasteiger partial charge is 0.486 e. The van der Waals surface area contributed by atoms with Gasteiger partial charge in [-0.3, -0.25) is 5.41 Å². The van der Waals surface area contributed by atoms with Gasteiger partial charge < -0.3 is 10.5 Å². The van der Waals surface area contributed by atoms with Crippen molar-refractivity contribution in [1.29, 1.82) is 5.41 Å². The predicted molar refractivity (Wildman–Crippen MR) is 73.2 cm³/mol. The van der Waals surface area contributed by atoms with Gasteiger partial charge in [0.1, 0.15) is 12.4 Å². The first-order valence-corrected chi connectivity index (χ1v) is 5.95. The molecule has 0 aromatic heterocycles. The van der Waals surface area contributed by atoms with Crippen LogP contribution in [0.15, 0.2) is 42.5 Å².